The number of urea groups is 1. The van der Waals surface area contributed by atoms with Crippen molar-refractivity contribution in [3.8, 4) is 0 Å². The topological polar surface area (TPSA) is 99.1 Å². The molecule has 0 aromatic carbocycles. The van der Waals surface area contributed by atoms with Crippen molar-refractivity contribution in [3.63, 3.8) is 0 Å². The number of nitrogens with one attached hydrogen (secondary N) is 1. The molecule has 0 aromatic heterocycles. The largest absolute Gasteiger partial charge is 0.481 e. The minimum atomic E-state index is -0.790. The Morgan fingerprint density at radius 3 is 2.75 bits per heavy atom. The van der Waals surface area contributed by atoms with Crippen molar-refractivity contribution in [2.75, 3.05) is 19.8 Å². The van der Waals surface area contributed by atoms with Crippen molar-refractivity contribution < 1.29 is 24.5 Å². The van der Waals surface area contributed by atoms with Gasteiger partial charge in [-0.2, -0.15) is 0 Å². The molecule has 4 atom stereocenters. The number of carbonyl (C=O) groups excluding carboxylic acids is 1. The molecule has 0 bridgehead atoms. The van der Waals surface area contributed by atoms with Gasteiger partial charge in [-0.25, -0.2) is 4.79 Å². The lowest BCUT2D eigenvalue weighted by Crippen LogP contribution is -2.56. The molecular weight excluding hydrogens is 264 g/mol. The third-order valence-electron chi connectivity index (χ3n) is 4.08. The van der Waals surface area contributed by atoms with Crippen molar-refractivity contribution in [2.24, 2.45) is 5.92 Å². The lowest BCUT2D eigenvalue weighted by atomic mass is 10.1. The SMILES string of the molecule is CC1COC(CO)CN1C(=O)N[C@H]1CC[C@@H](C(=O)O)C1. The second-order valence-electron chi connectivity index (χ2n) is 5.63. The van der Waals surface area contributed by atoms with Gasteiger partial charge >= 0.3 is 12.0 Å². The number of aliphatic carboxylic acids is 1. The summed E-state index contributed by atoms with van der Waals surface area (Å²) in [6, 6.07) is -0.323. The zero-order chi connectivity index (χ0) is 14.7. The molecule has 1 aliphatic heterocycles. The summed E-state index contributed by atoms with van der Waals surface area (Å²) in [4.78, 5) is 24.8. The molecule has 2 fully saturated rings. The summed E-state index contributed by atoms with van der Waals surface area (Å²) in [5.41, 5.74) is 0. The van der Waals surface area contributed by atoms with Crippen LogP contribution < -0.4 is 5.32 Å². The van der Waals surface area contributed by atoms with E-state index >= 15 is 0 Å². The maximum Gasteiger partial charge on any atom is 0.318 e. The number of hydrogen-bond acceptors (Lipinski definition) is 4. The minimum Gasteiger partial charge on any atom is -0.481 e. The molecule has 7 heteroatoms. The standard InChI is InChI=1S/C13H22N2O5/c1-8-7-20-11(6-16)5-15(8)13(19)14-10-3-2-9(4-10)12(17)18/h8-11,16H,2-7H2,1H3,(H,14,19)(H,17,18)/t8?,9-,10+,11?/m1/s1. The lowest BCUT2D eigenvalue weighted by Gasteiger charge is -2.37. The van der Waals surface area contributed by atoms with Gasteiger partial charge in [-0.1, -0.05) is 0 Å². The Kier molecular flexibility index (Phi) is 4.82. The Morgan fingerprint density at radius 1 is 1.40 bits per heavy atom. The smallest absolute Gasteiger partial charge is 0.318 e. The highest BCUT2D eigenvalue weighted by atomic mass is 16.5. The number of hydrogen-bond donors (Lipinski definition) is 3. The summed E-state index contributed by atoms with van der Waals surface area (Å²) in [6.45, 7) is 2.54. The van der Waals surface area contributed by atoms with Gasteiger partial charge in [-0.3, -0.25) is 4.79 Å². The molecule has 0 spiro atoms. The molecule has 1 saturated heterocycles. The fraction of sp³-hybridized carbons (Fsp3) is 0.846. The van der Waals surface area contributed by atoms with Gasteiger partial charge in [0.25, 0.3) is 0 Å². The quantitative estimate of drug-likeness (QED) is 0.680. The van der Waals surface area contributed by atoms with Gasteiger partial charge in [0, 0.05) is 6.04 Å². The summed E-state index contributed by atoms with van der Waals surface area (Å²) in [7, 11) is 0. The number of carboxylic acids is 1. The molecule has 2 unspecified atom stereocenters. The first kappa shape index (κ1) is 15.1. The zero-order valence-corrected chi connectivity index (χ0v) is 11.6. The average molecular weight is 286 g/mol. The highest BCUT2D eigenvalue weighted by molar-refractivity contribution is 5.75. The van der Waals surface area contributed by atoms with E-state index < -0.39 is 5.97 Å². The monoisotopic (exact) mass is 286 g/mol. The van der Waals surface area contributed by atoms with Gasteiger partial charge in [-0.15, -0.1) is 0 Å². The van der Waals surface area contributed by atoms with E-state index in [2.05, 4.69) is 5.32 Å². The van der Waals surface area contributed by atoms with Crippen LogP contribution in [0.4, 0.5) is 4.79 Å². The fourth-order valence-corrected chi connectivity index (χ4v) is 2.81. The predicted octanol–water partition coefficient (Wildman–Crippen LogP) is 0.0309. The highest BCUT2D eigenvalue weighted by Gasteiger charge is 2.34. The third-order valence-corrected chi connectivity index (χ3v) is 4.08. The first-order chi connectivity index (χ1) is 9.51. The summed E-state index contributed by atoms with van der Waals surface area (Å²) >= 11 is 0. The molecule has 1 heterocycles. The molecule has 0 aromatic rings. The molecule has 1 aliphatic carbocycles. The molecule has 0 radical (unpaired) electrons. The van der Waals surface area contributed by atoms with E-state index in [0.29, 0.717) is 32.4 Å². The van der Waals surface area contributed by atoms with Crippen molar-refractivity contribution in [3.05, 3.63) is 0 Å². The van der Waals surface area contributed by atoms with Gasteiger partial charge in [0.15, 0.2) is 0 Å². The van der Waals surface area contributed by atoms with Crippen LogP contribution in [0.2, 0.25) is 0 Å². The molecule has 2 rings (SSSR count). The van der Waals surface area contributed by atoms with Crippen molar-refractivity contribution in [2.45, 2.75) is 44.4 Å². The Morgan fingerprint density at radius 2 is 2.15 bits per heavy atom. The zero-order valence-electron chi connectivity index (χ0n) is 11.6. The molecule has 2 amide bonds. The number of rotatable bonds is 3. The van der Waals surface area contributed by atoms with Crippen molar-refractivity contribution >= 4 is 12.0 Å². The maximum atomic E-state index is 12.2. The van der Waals surface area contributed by atoms with E-state index in [0.717, 1.165) is 0 Å². The van der Waals surface area contributed by atoms with Gasteiger partial charge in [0.1, 0.15) is 0 Å². The molecule has 114 valence electrons. The first-order valence-electron chi connectivity index (χ1n) is 7.03. The molecule has 2 aliphatic rings. The van der Waals surface area contributed by atoms with Crippen molar-refractivity contribution in [1.82, 2.24) is 10.2 Å². The third kappa shape index (κ3) is 3.40. The fourth-order valence-electron chi connectivity index (χ4n) is 2.81. The number of amides is 2. The Hall–Kier alpha value is -1.34. The minimum absolute atomic E-state index is 0.0468. The van der Waals surface area contributed by atoms with E-state index in [1.165, 1.54) is 0 Å². The van der Waals surface area contributed by atoms with Gasteiger partial charge < -0.3 is 25.2 Å². The van der Waals surface area contributed by atoms with Crippen molar-refractivity contribution in [1.29, 1.82) is 0 Å². The number of nitrogens with zero attached hydrogens (tertiary/aromatic N) is 1. The lowest BCUT2D eigenvalue weighted by molar-refractivity contribution is -0.141. The predicted molar refractivity (Wildman–Crippen MR) is 70.3 cm³/mol. The van der Waals surface area contributed by atoms with E-state index in [-0.39, 0.29) is 36.7 Å². The van der Waals surface area contributed by atoms with Crippen LogP contribution in [-0.2, 0) is 9.53 Å². The normalized spacial score (nSPS) is 34.0. The second-order valence-corrected chi connectivity index (χ2v) is 5.63. The first-order valence-corrected chi connectivity index (χ1v) is 7.03. The number of aliphatic hydroxyl groups excluding tert-OH is 1. The van der Waals surface area contributed by atoms with E-state index in [1.54, 1.807) is 4.90 Å². The van der Waals surface area contributed by atoms with Crippen LogP contribution >= 0.6 is 0 Å². The Labute approximate surface area is 117 Å². The molecular formula is C13H22N2O5. The number of carbonyl (C=O) groups is 2. The van der Waals surface area contributed by atoms with Crippen LogP contribution in [0.15, 0.2) is 0 Å². The molecule has 7 nitrogen and oxygen atoms in total. The summed E-state index contributed by atoms with van der Waals surface area (Å²) in [5.74, 6) is -1.14. The number of aliphatic hydroxyl groups is 1. The summed E-state index contributed by atoms with van der Waals surface area (Å²) < 4.78 is 5.39. The van der Waals surface area contributed by atoms with Gasteiger partial charge in [-0.05, 0) is 26.2 Å². The van der Waals surface area contributed by atoms with Gasteiger partial charge in [0.2, 0.25) is 0 Å². The number of carboxylic acid groups (broad SMARTS) is 1. The van der Waals surface area contributed by atoms with Crippen LogP contribution in [0.25, 0.3) is 0 Å². The molecule has 20 heavy (non-hydrogen) atoms. The van der Waals surface area contributed by atoms with E-state index in [1.807, 2.05) is 6.92 Å². The summed E-state index contributed by atoms with van der Waals surface area (Å²) in [5, 5.41) is 21.0. The van der Waals surface area contributed by atoms with E-state index in [9.17, 15) is 9.59 Å². The van der Waals surface area contributed by atoms with E-state index in [4.69, 9.17) is 14.9 Å². The van der Waals surface area contributed by atoms with Crippen LogP contribution in [0.3, 0.4) is 0 Å². The van der Waals surface area contributed by atoms with Crippen LogP contribution in [0.5, 0.6) is 0 Å². The Bertz CT molecular complexity index is 376. The second kappa shape index (κ2) is 6.41. The van der Waals surface area contributed by atoms with Crippen LogP contribution in [0, 0.1) is 5.92 Å². The average Bonchev–Trinajstić information content (AvgIpc) is 2.88. The maximum absolute atomic E-state index is 12.2. The van der Waals surface area contributed by atoms with Crippen LogP contribution in [-0.4, -0.2) is 65.1 Å². The molecule has 1 saturated carbocycles. The number of ether oxygens (including phenoxy) is 1. The van der Waals surface area contributed by atoms with Gasteiger partial charge in [0.05, 0.1) is 37.8 Å². The van der Waals surface area contributed by atoms with Crippen LogP contribution in [0.1, 0.15) is 26.2 Å². The highest BCUT2D eigenvalue weighted by Crippen LogP contribution is 2.26. The summed E-state index contributed by atoms with van der Waals surface area (Å²) in [6.07, 6.45) is 1.46. The Balaban J connectivity index is 1.86. The molecule has 3 N–H and O–H groups in total. The number of morpholine rings is 1.